The molecule has 7 nitrogen and oxygen atoms in total. The number of hydrogen-bond donors (Lipinski definition) is 3. The predicted octanol–water partition coefficient (Wildman–Crippen LogP) is 0.819. The zero-order valence-electron chi connectivity index (χ0n) is 13.4. The zero-order chi connectivity index (χ0) is 16.8. The van der Waals surface area contributed by atoms with Crippen LogP contribution in [-0.2, 0) is 9.59 Å². The van der Waals surface area contributed by atoms with Gasteiger partial charge >= 0.3 is 0 Å². The van der Waals surface area contributed by atoms with Crippen LogP contribution >= 0.6 is 0 Å². The smallest absolute Gasteiger partial charge is 0.287 e. The molecule has 23 heavy (non-hydrogen) atoms. The fourth-order valence-electron chi connectivity index (χ4n) is 2.77. The van der Waals surface area contributed by atoms with E-state index in [0.29, 0.717) is 0 Å². The molecule has 126 valence electrons. The normalized spacial score (nSPS) is 22.0. The summed E-state index contributed by atoms with van der Waals surface area (Å²) in [7, 11) is 1.64. The van der Waals surface area contributed by atoms with Gasteiger partial charge in [-0.05, 0) is 44.7 Å². The Morgan fingerprint density at radius 1 is 1.22 bits per heavy atom. The molecule has 0 bridgehead atoms. The molecule has 0 spiro atoms. The lowest BCUT2D eigenvalue weighted by atomic mass is 9.85. The standard InChI is InChI=1S/C16H23N3O4/c1-10(18-16(22)13-4-3-9-23-13)14(20)19-12-7-5-11(6-8-12)15(21)17-2/h3-4,9-12H,5-8H2,1-2H3,(H,17,21)(H,18,22)(H,19,20)/t10-,11?,12?/m0/s1. The van der Waals surface area contributed by atoms with E-state index in [-0.39, 0.29) is 29.5 Å². The van der Waals surface area contributed by atoms with Crippen LogP contribution < -0.4 is 16.0 Å². The maximum Gasteiger partial charge on any atom is 0.287 e. The van der Waals surface area contributed by atoms with Crippen LogP contribution in [0.2, 0.25) is 0 Å². The van der Waals surface area contributed by atoms with Crippen molar-refractivity contribution in [2.24, 2.45) is 5.92 Å². The third-order valence-electron chi connectivity index (χ3n) is 4.18. The van der Waals surface area contributed by atoms with Crippen LogP contribution in [0.1, 0.15) is 43.2 Å². The molecule has 0 radical (unpaired) electrons. The van der Waals surface area contributed by atoms with Gasteiger partial charge in [-0.25, -0.2) is 0 Å². The molecule has 1 heterocycles. The molecule has 1 fully saturated rings. The molecule has 0 aromatic carbocycles. The van der Waals surface area contributed by atoms with Crippen LogP contribution in [-0.4, -0.2) is 36.9 Å². The number of hydrogen-bond acceptors (Lipinski definition) is 4. The van der Waals surface area contributed by atoms with E-state index in [1.165, 1.54) is 6.26 Å². The number of nitrogens with one attached hydrogen (secondary N) is 3. The van der Waals surface area contributed by atoms with Crippen LogP contribution in [0.25, 0.3) is 0 Å². The van der Waals surface area contributed by atoms with E-state index in [1.807, 2.05) is 0 Å². The van der Waals surface area contributed by atoms with Crippen molar-refractivity contribution in [3.8, 4) is 0 Å². The van der Waals surface area contributed by atoms with E-state index in [2.05, 4.69) is 16.0 Å². The van der Waals surface area contributed by atoms with Crippen LogP contribution in [0.4, 0.5) is 0 Å². The summed E-state index contributed by atoms with van der Waals surface area (Å²) >= 11 is 0. The molecular formula is C16H23N3O4. The summed E-state index contributed by atoms with van der Waals surface area (Å²) in [5, 5.41) is 8.19. The van der Waals surface area contributed by atoms with E-state index in [0.717, 1.165) is 25.7 Å². The van der Waals surface area contributed by atoms with Crippen LogP contribution in [0.15, 0.2) is 22.8 Å². The maximum absolute atomic E-state index is 12.2. The molecule has 1 aromatic heterocycles. The minimum Gasteiger partial charge on any atom is -0.459 e. The topological polar surface area (TPSA) is 100 Å². The van der Waals surface area contributed by atoms with E-state index in [1.54, 1.807) is 26.1 Å². The van der Waals surface area contributed by atoms with Crippen molar-refractivity contribution in [3.63, 3.8) is 0 Å². The van der Waals surface area contributed by atoms with Crippen LogP contribution in [0, 0.1) is 5.92 Å². The molecule has 2 rings (SSSR count). The van der Waals surface area contributed by atoms with E-state index in [4.69, 9.17) is 4.42 Å². The van der Waals surface area contributed by atoms with E-state index in [9.17, 15) is 14.4 Å². The molecular weight excluding hydrogens is 298 g/mol. The third-order valence-corrected chi connectivity index (χ3v) is 4.18. The molecule has 3 amide bonds. The Kier molecular flexibility index (Phi) is 5.78. The summed E-state index contributed by atoms with van der Waals surface area (Å²) in [5.41, 5.74) is 0. The Morgan fingerprint density at radius 2 is 1.91 bits per heavy atom. The van der Waals surface area contributed by atoms with Gasteiger partial charge in [0.25, 0.3) is 5.91 Å². The fraction of sp³-hybridized carbons (Fsp3) is 0.562. The van der Waals surface area contributed by atoms with Gasteiger partial charge in [0.05, 0.1) is 6.26 Å². The third kappa shape index (κ3) is 4.58. The Bertz CT molecular complexity index is 548. The molecule has 1 aromatic rings. The first-order valence-corrected chi connectivity index (χ1v) is 7.87. The average Bonchev–Trinajstić information content (AvgIpc) is 3.09. The summed E-state index contributed by atoms with van der Waals surface area (Å²) in [4.78, 5) is 35.6. The van der Waals surface area contributed by atoms with Gasteiger partial charge in [0.15, 0.2) is 5.76 Å². The number of carbonyl (C=O) groups is 3. The maximum atomic E-state index is 12.2. The minimum atomic E-state index is -0.649. The molecule has 7 heteroatoms. The van der Waals surface area contributed by atoms with Crippen molar-refractivity contribution in [1.82, 2.24) is 16.0 Å². The number of rotatable bonds is 5. The van der Waals surface area contributed by atoms with Crippen LogP contribution in [0.5, 0.6) is 0 Å². The van der Waals surface area contributed by atoms with Gasteiger partial charge in [0.1, 0.15) is 6.04 Å². The molecule has 1 aliphatic rings. The molecule has 1 saturated carbocycles. The van der Waals surface area contributed by atoms with Gasteiger partial charge in [-0.15, -0.1) is 0 Å². The Balaban J connectivity index is 1.76. The minimum absolute atomic E-state index is 0.0317. The molecule has 1 atom stereocenters. The van der Waals surface area contributed by atoms with Gasteiger partial charge in [-0.2, -0.15) is 0 Å². The highest BCUT2D eigenvalue weighted by Gasteiger charge is 2.27. The number of carbonyl (C=O) groups excluding carboxylic acids is 3. The number of furan rings is 1. The van der Waals surface area contributed by atoms with E-state index < -0.39 is 11.9 Å². The number of amides is 3. The first-order chi connectivity index (χ1) is 11.0. The lowest BCUT2D eigenvalue weighted by molar-refractivity contribution is -0.125. The summed E-state index contributed by atoms with van der Waals surface area (Å²) < 4.78 is 4.99. The lowest BCUT2D eigenvalue weighted by Crippen LogP contribution is -2.49. The summed E-state index contributed by atoms with van der Waals surface area (Å²) in [6.07, 6.45) is 4.46. The van der Waals surface area contributed by atoms with Crippen molar-refractivity contribution < 1.29 is 18.8 Å². The predicted molar refractivity (Wildman–Crippen MR) is 83.6 cm³/mol. The highest BCUT2D eigenvalue weighted by molar-refractivity contribution is 5.95. The molecule has 0 unspecified atom stereocenters. The second-order valence-electron chi connectivity index (χ2n) is 5.84. The lowest BCUT2D eigenvalue weighted by Gasteiger charge is -2.29. The van der Waals surface area contributed by atoms with Crippen molar-refractivity contribution in [2.45, 2.75) is 44.7 Å². The second kappa shape index (κ2) is 7.80. The molecule has 0 aliphatic heterocycles. The van der Waals surface area contributed by atoms with Crippen LogP contribution in [0.3, 0.4) is 0 Å². The summed E-state index contributed by atoms with van der Waals surface area (Å²) in [6, 6.07) is 2.56. The van der Waals surface area contributed by atoms with Gasteiger partial charge in [0.2, 0.25) is 11.8 Å². The van der Waals surface area contributed by atoms with Crippen molar-refractivity contribution >= 4 is 17.7 Å². The molecule has 3 N–H and O–H groups in total. The molecule has 0 saturated heterocycles. The van der Waals surface area contributed by atoms with Crippen molar-refractivity contribution in [2.75, 3.05) is 7.05 Å². The highest BCUT2D eigenvalue weighted by Crippen LogP contribution is 2.24. The van der Waals surface area contributed by atoms with Crippen molar-refractivity contribution in [1.29, 1.82) is 0 Å². The molecule has 1 aliphatic carbocycles. The highest BCUT2D eigenvalue weighted by atomic mass is 16.3. The van der Waals surface area contributed by atoms with Crippen molar-refractivity contribution in [3.05, 3.63) is 24.2 Å². The van der Waals surface area contributed by atoms with Gasteiger partial charge in [0, 0.05) is 19.0 Å². The first-order valence-electron chi connectivity index (χ1n) is 7.87. The quantitative estimate of drug-likeness (QED) is 0.747. The summed E-state index contributed by atoms with van der Waals surface area (Å²) in [5.74, 6) is -0.372. The monoisotopic (exact) mass is 321 g/mol. The SMILES string of the molecule is CNC(=O)C1CCC(NC(=O)[C@H](C)NC(=O)c2ccco2)CC1. The van der Waals surface area contributed by atoms with Gasteiger partial charge in [-0.1, -0.05) is 0 Å². The first kappa shape index (κ1) is 17.1. The Morgan fingerprint density at radius 3 is 2.48 bits per heavy atom. The average molecular weight is 321 g/mol. The largest absolute Gasteiger partial charge is 0.459 e. The van der Waals surface area contributed by atoms with E-state index >= 15 is 0 Å². The fourth-order valence-corrected chi connectivity index (χ4v) is 2.77. The van der Waals surface area contributed by atoms with Gasteiger partial charge in [-0.3, -0.25) is 14.4 Å². The second-order valence-corrected chi connectivity index (χ2v) is 5.84. The summed E-state index contributed by atoms with van der Waals surface area (Å²) in [6.45, 7) is 1.63. The van der Waals surface area contributed by atoms with Gasteiger partial charge < -0.3 is 20.4 Å². The zero-order valence-corrected chi connectivity index (χ0v) is 13.4. The Labute approximate surface area is 135 Å². The Hall–Kier alpha value is -2.31.